The van der Waals surface area contributed by atoms with E-state index in [4.69, 9.17) is 9.47 Å². The highest BCUT2D eigenvalue weighted by atomic mass is 16.5. The van der Waals surface area contributed by atoms with Crippen LogP contribution in [0.4, 0.5) is 0 Å². The number of hydrogen-bond acceptors (Lipinski definition) is 4. The second-order valence-electron chi connectivity index (χ2n) is 5.99. The van der Waals surface area contributed by atoms with Crippen molar-refractivity contribution < 1.29 is 19.1 Å². The Morgan fingerprint density at radius 2 is 1.72 bits per heavy atom. The maximum absolute atomic E-state index is 12.3. The molecule has 0 saturated heterocycles. The number of nitrogens with one attached hydrogen (secondary N) is 1. The summed E-state index contributed by atoms with van der Waals surface area (Å²) in [4.78, 5) is 24.1. The maximum Gasteiger partial charge on any atom is 0.341 e. The monoisotopic (exact) mass is 341 g/mol. The number of ether oxygens (including phenoxy) is 2. The van der Waals surface area contributed by atoms with E-state index < -0.39 is 5.97 Å². The Morgan fingerprint density at radius 1 is 1.04 bits per heavy atom. The highest BCUT2D eigenvalue weighted by Crippen LogP contribution is 2.21. The Balaban J connectivity index is 2.07. The summed E-state index contributed by atoms with van der Waals surface area (Å²) in [6.07, 6.45) is 0. The van der Waals surface area contributed by atoms with Crippen LogP contribution in [-0.2, 0) is 11.3 Å². The zero-order valence-electron chi connectivity index (χ0n) is 15.0. The topological polar surface area (TPSA) is 64.6 Å². The molecule has 132 valence electrons. The highest BCUT2D eigenvalue weighted by molar-refractivity contribution is 5.94. The summed E-state index contributed by atoms with van der Waals surface area (Å²) in [5.74, 6) is 0.222. The first kappa shape index (κ1) is 18.5. The molecule has 0 spiro atoms. The van der Waals surface area contributed by atoms with Crippen molar-refractivity contribution in [1.29, 1.82) is 0 Å². The third kappa shape index (κ3) is 4.59. The minimum atomic E-state index is -0.477. The van der Waals surface area contributed by atoms with Gasteiger partial charge in [-0.1, -0.05) is 32.0 Å². The van der Waals surface area contributed by atoms with Crippen molar-refractivity contribution in [2.24, 2.45) is 0 Å². The lowest BCUT2D eigenvalue weighted by atomic mass is 10.0. The van der Waals surface area contributed by atoms with Gasteiger partial charge in [0.05, 0.1) is 14.2 Å². The molecule has 0 aliphatic carbocycles. The summed E-state index contributed by atoms with van der Waals surface area (Å²) in [7, 11) is 2.81. The summed E-state index contributed by atoms with van der Waals surface area (Å²) in [5.41, 5.74) is 2.91. The number of carbonyl (C=O) groups is 2. The number of benzene rings is 2. The molecule has 0 radical (unpaired) electrons. The highest BCUT2D eigenvalue weighted by Gasteiger charge is 2.14. The number of rotatable bonds is 6. The molecule has 2 aromatic rings. The van der Waals surface area contributed by atoms with Crippen LogP contribution in [0.3, 0.4) is 0 Å². The standard InChI is InChI=1S/C20H23NO4/c1-13(2)15-6-8-16(9-7-15)19(22)21-12-14-5-10-18(24-3)17(11-14)20(23)25-4/h5-11,13H,12H2,1-4H3,(H,21,22). The Hall–Kier alpha value is -2.82. The largest absolute Gasteiger partial charge is 0.496 e. The average molecular weight is 341 g/mol. The smallest absolute Gasteiger partial charge is 0.341 e. The first-order valence-corrected chi connectivity index (χ1v) is 8.09. The van der Waals surface area contributed by atoms with E-state index in [-0.39, 0.29) is 5.91 Å². The maximum atomic E-state index is 12.3. The van der Waals surface area contributed by atoms with Crippen LogP contribution in [0.5, 0.6) is 5.75 Å². The number of carbonyl (C=O) groups excluding carboxylic acids is 2. The molecule has 2 aromatic carbocycles. The molecule has 0 saturated carbocycles. The third-order valence-corrected chi connectivity index (χ3v) is 3.96. The summed E-state index contributed by atoms with van der Waals surface area (Å²) in [5, 5.41) is 2.85. The molecule has 0 atom stereocenters. The molecule has 0 fully saturated rings. The van der Waals surface area contributed by atoms with Gasteiger partial charge in [-0.3, -0.25) is 4.79 Å². The van der Waals surface area contributed by atoms with Crippen LogP contribution >= 0.6 is 0 Å². The fraction of sp³-hybridized carbons (Fsp3) is 0.300. The summed E-state index contributed by atoms with van der Waals surface area (Å²) >= 11 is 0. The molecule has 0 aromatic heterocycles. The van der Waals surface area contributed by atoms with Gasteiger partial charge in [0.2, 0.25) is 0 Å². The molecule has 1 N–H and O–H groups in total. The Kier molecular flexibility index (Phi) is 6.17. The molecule has 2 rings (SSSR count). The van der Waals surface area contributed by atoms with Crippen LogP contribution in [0.25, 0.3) is 0 Å². The number of methoxy groups -OCH3 is 2. The second-order valence-corrected chi connectivity index (χ2v) is 5.99. The molecule has 5 heteroatoms. The zero-order chi connectivity index (χ0) is 18.4. The Morgan fingerprint density at radius 3 is 2.28 bits per heavy atom. The number of esters is 1. The minimum Gasteiger partial charge on any atom is -0.496 e. The van der Waals surface area contributed by atoms with E-state index in [0.717, 1.165) is 5.56 Å². The molecule has 0 heterocycles. The van der Waals surface area contributed by atoms with Gasteiger partial charge in [-0.25, -0.2) is 4.79 Å². The van der Waals surface area contributed by atoms with Gasteiger partial charge in [-0.2, -0.15) is 0 Å². The van der Waals surface area contributed by atoms with Gasteiger partial charge in [0.1, 0.15) is 11.3 Å². The van der Waals surface area contributed by atoms with E-state index in [2.05, 4.69) is 19.2 Å². The molecular formula is C20H23NO4. The predicted molar refractivity (Wildman–Crippen MR) is 96.0 cm³/mol. The zero-order valence-corrected chi connectivity index (χ0v) is 15.0. The van der Waals surface area contributed by atoms with E-state index in [9.17, 15) is 9.59 Å². The van der Waals surface area contributed by atoms with Crippen LogP contribution in [-0.4, -0.2) is 26.1 Å². The van der Waals surface area contributed by atoms with Crippen molar-refractivity contribution in [3.05, 3.63) is 64.7 Å². The van der Waals surface area contributed by atoms with Gasteiger partial charge in [0.15, 0.2) is 0 Å². The molecule has 5 nitrogen and oxygen atoms in total. The fourth-order valence-electron chi connectivity index (χ4n) is 2.44. The van der Waals surface area contributed by atoms with Gasteiger partial charge in [0.25, 0.3) is 5.91 Å². The van der Waals surface area contributed by atoms with Gasteiger partial charge in [-0.15, -0.1) is 0 Å². The van der Waals surface area contributed by atoms with E-state index in [1.165, 1.54) is 19.8 Å². The lowest BCUT2D eigenvalue weighted by Gasteiger charge is -2.11. The molecule has 0 bridgehead atoms. The summed E-state index contributed by atoms with van der Waals surface area (Å²) in [6, 6.07) is 12.7. The van der Waals surface area contributed by atoms with E-state index in [1.807, 2.05) is 24.3 Å². The van der Waals surface area contributed by atoms with Crippen molar-refractivity contribution in [3.8, 4) is 5.75 Å². The SMILES string of the molecule is COC(=O)c1cc(CNC(=O)c2ccc(C(C)C)cc2)ccc1OC. The molecule has 1 amide bonds. The lowest BCUT2D eigenvalue weighted by Crippen LogP contribution is -2.23. The molecular weight excluding hydrogens is 318 g/mol. The van der Waals surface area contributed by atoms with Crippen molar-refractivity contribution in [2.45, 2.75) is 26.3 Å². The van der Waals surface area contributed by atoms with E-state index in [0.29, 0.717) is 29.3 Å². The molecule has 0 aliphatic heterocycles. The van der Waals surface area contributed by atoms with Gasteiger partial charge >= 0.3 is 5.97 Å². The quantitative estimate of drug-likeness (QED) is 0.816. The number of hydrogen-bond donors (Lipinski definition) is 1. The van der Waals surface area contributed by atoms with Crippen molar-refractivity contribution in [3.63, 3.8) is 0 Å². The summed E-state index contributed by atoms with van der Waals surface area (Å²) in [6.45, 7) is 4.52. The first-order valence-electron chi connectivity index (χ1n) is 8.09. The van der Waals surface area contributed by atoms with Crippen LogP contribution < -0.4 is 10.1 Å². The Bertz CT molecular complexity index is 751. The Labute approximate surface area is 148 Å². The molecule has 0 aliphatic rings. The third-order valence-electron chi connectivity index (χ3n) is 3.96. The van der Waals surface area contributed by atoms with Crippen LogP contribution in [0.2, 0.25) is 0 Å². The van der Waals surface area contributed by atoms with Gasteiger partial charge in [0, 0.05) is 12.1 Å². The van der Waals surface area contributed by atoms with Crippen LogP contribution in [0.1, 0.15) is 51.6 Å². The van der Waals surface area contributed by atoms with Crippen molar-refractivity contribution in [2.75, 3.05) is 14.2 Å². The van der Waals surface area contributed by atoms with Gasteiger partial charge in [-0.05, 0) is 41.3 Å². The van der Waals surface area contributed by atoms with E-state index in [1.54, 1.807) is 18.2 Å². The number of amides is 1. The minimum absolute atomic E-state index is 0.161. The van der Waals surface area contributed by atoms with Crippen molar-refractivity contribution in [1.82, 2.24) is 5.32 Å². The average Bonchev–Trinajstić information content (AvgIpc) is 2.65. The fourth-order valence-corrected chi connectivity index (χ4v) is 2.44. The summed E-state index contributed by atoms with van der Waals surface area (Å²) < 4.78 is 9.91. The first-order chi connectivity index (χ1) is 12.0. The van der Waals surface area contributed by atoms with Crippen LogP contribution in [0, 0.1) is 0 Å². The normalized spacial score (nSPS) is 10.4. The lowest BCUT2D eigenvalue weighted by molar-refractivity contribution is 0.0597. The molecule has 0 unspecified atom stereocenters. The van der Waals surface area contributed by atoms with Crippen LogP contribution in [0.15, 0.2) is 42.5 Å². The predicted octanol–water partition coefficient (Wildman–Crippen LogP) is 3.54. The van der Waals surface area contributed by atoms with Crippen molar-refractivity contribution >= 4 is 11.9 Å². The van der Waals surface area contributed by atoms with Gasteiger partial charge < -0.3 is 14.8 Å². The molecule has 25 heavy (non-hydrogen) atoms. The van der Waals surface area contributed by atoms with E-state index >= 15 is 0 Å². The second kappa shape index (κ2) is 8.33.